The van der Waals surface area contributed by atoms with Gasteiger partial charge in [-0.15, -0.1) is 11.8 Å². The first-order valence-corrected chi connectivity index (χ1v) is 8.91. The number of amides is 3. The van der Waals surface area contributed by atoms with E-state index in [1.54, 1.807) is 51.2 Å². The van der Waals surface area contributed by atoms with Gasteiger partial charge in [0.15, 0.2) is 5.82 Å². The van der Waals surface area contributed by atoms with Gasteiger partial charge >= 0.3 is 0 Å². The van der Waals surface area contributed by atoms with Gasteiger partial charge < -0.3 is 20.5 Å². The van der Waals surface area contributed by atoms with Gasteiger partial charge in [0, 0.05) is 24.4 Å². The second-order valence-corrected chi connectivity index (χ2v) is 6.80. The van der Waals surface area contributed by atoms with Crippen LogP contribution in [0.5, 0.6) is 0 Å². The van der Waals surface area contributed by atoms with Crippen LogP contribution in [0.1, 0.15) is 23.0 Å². The summed E-state index contributed by atoms with van der Waals surface area (Å²) in [5.41, 5.74) is 1.09. The first kappa shape index (κ1) is 19.5. The van der Waals surface area contributed by atoms with Gasteiger partial charge in [-0.3, -0.25) is 14.4 Å². The smallest absolute Gasteiger partial charge is 0.251 e. The number of aromatic nitrogens is 1. The summed E-state index contributed by atoms with van der Waals surface area (Å²) >= 11 is 1.20. The van der Waals surface area contributed by atoms with E-state index in [-0.39, 0.29) is 23.5 Å². The van der Waals surface area contributed by atoms with E-state index >= 15 is 0 Å². The number of nitrogens with one attached hydrogen (secondary N) is 3. The molecule has 1 atom stereocenters. The molecule has 0 aliphatic heterocycles. The van der Waals surface area contributed by atoms with Gasteiger partial charge in [-0.05, 0) is 38.1 Å². The molecular weight excluding hydrogens is 356 g/mol. The molecule has 0 bridgehead atoms. The van der Waals surface area contributed by atoms with E-state index in [1.165, 1.54) is 11.8 Å². The molecule has 0 aliphatic carbocycles. The molecule has 2 rings (SSSR count). The summed E-state index contributed by atoms with van der Waals surface area (Å²) in [6, 6.07) is 8.16. The Bertz CT molecular complexity index is 788. The van der Waals surface area contributed by atoms with E-state index in [4.69, 9.17) is 4.52 Å². The number of aryl methyl sites for hydroxylation is 1. The Labute approximate surface area is 155 Å². The Morgan fingerprint density at radius 1 is 1.19 bits per heavy atom. The van der Waals surface area contributed by atoms with Crippen molar-refractivity contribution in [3.05, 3.63) is 41.7 Å². The third-order valence-electron chi connectivity index (χ3n) is 3.37. The number of benzene rings is 1. The van der Waals surface area contributed by atoms with Gasteiger partial charge in [0.05, 0.1) is 11.0 Å². The van der Waals surface area contributed by atoms with Crippen LogP contribution < -0.4 is 16.0 Å². The molecule has 8 nitrogen and oxygen atoms in total. The minimum atomic E-state index is -0.437. The average molecular weight is 376 g/mol. The number of carbonyl (C=O) groups is 3. The van der Waals surface area contributed by atoms with Crippen molar-refractivity contribution < 1.29 is 18.9 Å². The topological polar surface area (TPSA) is 113 Å². The minimum absolute atomic E-state index is 0.115. The van der Waals surface area contributed by atoms with Gasteiger partial charge in [-0.2, -0.15) is 0 Å². The Morgan fingerprint density at radius 2 is 1.88 bits per heavy atom. The highest BCUT2D eigenvalue weighted by atomic mass is 32.2. The summed E-state index contributed by atoms with van der Waals surface area (Å²) in [4.78, 5) is 35.5. The molecule has 0 fully saturated rings. The first-order valence-electron chi connectivity index (χ1n) is 7.87. The highest BCUT2D eigenvalue weighted by Crippen LogP contribution is 2.15. The van der Waals surface area contributed by atoms with Crippen LogP contribution in [0.4, 0.5) is 11.5 Å². The van der Waals surface area contributed by atoms with E-state index in [1.807, 2.05) is 0 Å². The molecule has 0 radical (unpaired) electrons. The normalized spacial score (nSPS) is 11.5. The molecule has 1 aromatic carbocycles. The molecule has 0 saturated carbocycles. The van der Waals surface area contributed by atoms with Gasteiger partial charge in [-0.1, -0.05) is 5.16 Å². The maximum Gasteiger partial charge on any atom is 0.251 e. The summed E-state index contributed by atoms with van der Waals surface area (Å²) < 4.78 is 4.88. The van der Waals surface area contributed by atoms with Crippen molar-refractivity contribution in [2.24, 2.45) is 0 Å². The molecule has 0 unspecified atom stereocenters. The zero-order chi connectivity index (χ0) is 19.1. The number of nitrogens with zero attached hydrogens (tertiary/aromatic N) is 1. The second-order valence-electron chi connectivity index (χ2n) is 5.47. The lowest BCUT2D eigenvalue weighted by Crippen LogP contribution is -2.25. The van der Waals surface area contributed by atoms with E-state index in [9.17, 15) is 14.4 Å². The zero-order valence-corrected chi connectivity index (χ0v) is 15.5. The molecule has 3 amide bonds. The summed E-state index contributed by atoms with van der Waals surface area (Å²) in [6.45, 7) is 3.44. The van der Waals surface area contributed by atoms with Crippen LogP contribution in [0.2, 0.25) is 0 Å². The summed E-state index contributed by atoms with van der Waals surface area (Å²) in [5, 5.41) is 11.1. The lowest BCUT2D eigenvalue weighted by atomic mass is 10.2. The maximum absolute atomic E-state index is 12.0. The Balaban J connectivity index is 1.78. The monoisotopic (exact) mass is 376 g/mol. The molecule has 138 valence electrons. The van der Waals surface area contributed by atoms with Crippen molar-refractivity contribution in [3.63, 3.8) is 0 Å². The van der Waals surface area contributed by atoms with E-state index in [0.29, 0.717) is 22.8 Å². The van der Waals surface area contributed by atoms with Crippen LogP contribution in [0.25, 0.3) is 0 Å². The number of rotatable bonds is 7. The first-order chi connectivity index (χ1) is 12.4. The summed E-state index contributed by atoms with van der Waals surface area (Å²) in [5.74, 6) is 0.373. The fourth-order valence-corrected chi connectivity index (χ4v) is 2.66. The zero-order valence-electron chi connectivity index (χ0n) is 14.7. The van der Waals surface area contributed by atoms with Gasteiger partial charge in [0.25, 0.3) is 5.91 Å². The Morgan fingerprint density at radius 3 is 2.46 bits per heavy atom. The highest BCUT2D eigenvalue weighted by Gasteiger charge is 2.17. The van der Waals surface area contributed by atoms with Crippen LogP contribution in [0, 0.1) is 6.92 Å². The van der Waals surface area contributed by atoms with Crippen LogP contribution in [-0.4, -0.2) is 40.9 Å². The fourth-order valence-electron chi connectivity index (χ4n) is 1.98. The van der Waals surface area contributed by atoms with Crippen molar-refractivity contribution in [2.45, 2.75) is 19.1 Å². The molecule has 26 heavy (non-hydrogen) atoms. The van der Waals surface area contributed by atoms with Gasteiger partial charge in [0.1, 0.15) is 5.76 Å². The molecule has 0 aliphatic rings. The molecule has 0 spiro atoms. The van der Waals surface area contributed by atoms with Crippen LogP contribution in [0.15, 0.2) is 34.9 Å². The number of hydrogen-bond donors (Lipinski definition) is 3. The quantitative estimate of drug-likeness (QED) is 0.681. The number of thioether (sulfide) groups is 1. The number of hydrogen-bond acceptors (Lipinski definition) is 6. The summed E-state index contributed by atoms with van der Waals surface area (Å²) in [6.07, 6.45) is 0. The Hall–Kier alpha value is -2.81. The van der Waals surface area contributed by atoms with E-state index < -0.39 is 5.25 Å². The van der Waals surface area contributed by atoms with Crippen molar-refractivity contribution in [3.8, 4) is 0 Å². The van der Waals surface area contributed by atoms with Crippen molar-refractivity contribution in [1.29, 1.82) is 0 Å². The number of anilines is 2. The fraction of sp³-hybridized carbons (Fsp3) is 0.294. The highest BCUT2D eigenvalue weighted by molar-refractivity contribution is 8.01. The van der Waals surface area contributed by atoms with Crippen molar-refractivity contribution in [2.75, 3.05) is 23.4 Å². The molecule has 3 N–H and O–H groups in total. The molecule has 2 aromatic rings. The van der Waals surface area contributed by atoms with Crippen LogP contribution in [-0.2, 0) is 9.59 Å². The SMILES string of the molecule is CNC(=O)c1ccc(NC(=O)CS[C@H](C)C(=O)Nc2cc(C)on2)cc1. The van der Waals surface area contributed by atoms with Crippen molar-refractivity contribution in [1.82, 2.24) is 10.5 Å². The maximum atomic E-state index is 12.0. The summed E-state index contributed by atoms with van der Waals surface area (Å²) in [7, 11) is 1.55. The molecule has 9 heteroatoms. The predicted molar refractivity (Wildman–Crippen MR) is 100 cm³/mol. The third-order valence-corrected chi connectivity index (χ3v) is 4.51. The average Bonchev–Trinajstić information content (AvgIpc) is 3.04. The van der Waals surface area contributed by atoms with E-state index in [0.717, 1.165) is 0 Å². The van der Waals surface area contributed by atoms with Crippen molar-refractivity contribution >= 4 is 41.0 Å². The third kappa shape index (κ3) is 5.62. The lowest BCUT2D eigenvalue weighted by Gasteiger charge is -2.11. The molecular formula is C17H20N4O4S. The lowest BCUT2D eigenvalue weighted by molar-refractivity contribution is -0.115. The Kier molecular flexibility index (Phi) is 6.79. The predicted octanol–water partition coefficient (Wildman–Crippen LogP) is 2.04. The van der Waals surface area contributed by atoms with Gasteiger partial charge in [0.2, 0.25) is 11.8 Å². The molecule has 1 aromatic heterocycles. The van der Waals surface area contributed by atoms with Crippen LogP contribution in [0.3, 0.4) is 0 Å². The van der Waals surface area contributed by atoms with Crippen LogP contribution >= 0.6 is 11.8 Å². The molecule has 1 heterocycles. The minimum Gasteiger partial charge on any atom is -0.360 e. The van der Waals surface area contributed by atoms with E-state index in [2.05, 4.69) is 21.1 Å². The molecule has 0 saturated heterocycles. The standard InChI is InChI=1S/C17H20N4O4S/c1-10-8-14(21-25-10)20-16(23)11(2)26-9-15(22)19-13-6-4-12(5-7-13)17(24)18-3/h4-8,11H,9H2,1-3H3,(H,18,24)(H,19,22)(H,20,21,23)/t11-/m1/s1. The second kappa shape index (κ2) is 9.04. The largest absolute Gasteiger partial charge is 0.360 e. The number of carbonyl (C=O) groups excluding carboxylic acids is 3. The van der Waals surface area contributed by atoms with Gasteiger partial charge in [-0.25, -0.2) is 0 Å².